The Bertz CT molecular complexity index is 460. The zero-order valence-corrected chi connectivity index (χ0v) is 10.1. The SMILES string of the molecule is O=C(O)C[C@@H](NC(=O)CCc1ccccn1)C(=O)O. The molecule has 1 rings (SSSR count). The highest BCUT2D eigenvalue weighted by Gasteiger charge is 2.22. The minimum absolute atomic E-state index is 0.0560. The first-order chi connectivity index (χ1) is 8.99. The Kier molecular flexibility index (Phi) is 5.46. The van der Waals surface area contributed by atoms with Crippen LogP contribution in [0.15, 0.2) is 24.4 Å². The van der Waals surface area contributed by atoms with E-state index in [0.717, 1.165) is 0 Å². The smallest absolute Gasteiger partial charge is 0.326 e. The van der Waals surface area contributed by atoms with Crippen molar-refractivity contribution < 1.29 is 24.6 Å². The number of rotatable bonds is 7. The fourth-order valence-electron chi connectivity index (χ4n) is 1.43. The largest absolute Gasteiger partial charge is 0.481 e. The number of carboxylic acids is 2. The van der Waals surface area contributed by atoms with Crippen molar-refractivity contribution in [3.05, 3.63) is 30.1 Å². The lowest BCUT2D eigenvalue weighted by Crippen LogP contribution is -2.42. The van der Waals surface area contributed by atoms with Crippen molar-refractivity contribution in [2.24, 2.45) is 0 Å². The molecule has 0 aliphatic rings. The number of nitrogens with one attached hydrogen (secondary N) is 1. The lowest BCUT2D eigenvalue weighted by atomic mass is 10.1. The number of carbonyl (C=O) groups excluding carboxylic acids is 1. The van der Waals surface area contributed by atoms with Crippen LogP contribution < -0.4 is 5.32 Å². The maximum absolute atomic E-state index is 11.5. The maximum Gasteiger partial charge on any atom is 0.326 e. The molecule has 0 aromatic carbocycles. The third-order valence-electron chi connectivity index (χ3n) is 2.35. The Labute approximate surface area is 109 Å². The molecule has 0 saturated heterocycles. The van der Waals surface area contributed by atoms with E-state index >= 15 is 0 Å². The van der Waals surface area contributed by atoms with E-state index in [-0.39, 0.29) is 6.42 Å². The van der Waals surface area contributed by atoms with E-state index in [1.807, 2.05) is 0 Å². The summed E-state index contributed by atoms with van der Waals surface area (Å²) in [6.07, 6.45) is 1.37. The molecule has 0 aliphatic carbocycles. The summed E-state index contributed by atoms with van der Waals surface area (Å²) in [6, 6.07) is 3.87. The predicted molar refractivity (Wildman–Crippen MR) is 64.4 cm³/mol. The Balaban J connectivity index is 2.45. The molecule has 0 aliphatic heterocycles. The van der Waals surface area contributed by atoms with E-state index in [0.29, 0.717) is 12.1 Å². The summed E-state index contributed by atoms with van der Waals surface area (Å²) in [5.74, 6) is -3.16. The zero-order chi connectivity index (χ0) is 14.3. The second-order valence-corrected chi connectivity index (χ2v) is 3.88. The van der Waals surface area contributed by atoms with Crippen molar-refractivity contribution in [2.45, 2.75) is 25.3 Å². The first-order valence-corrected chi connectivity index (χ1v) is 5.63. The number of pyridine rings is 1. The van der Waals surface area contributed by atoms with Gasteiger partial charge in [-0.3, -0.25) is 14.6 Å². The van der Waals surface area contributed by atoms with Gasteiger partial charge >= 0.3 is 11.9 Å². The van der Waals surface area contributed by atoms with Gasteiger partial charge in [0.05, 0.1) is 6.42 Å². The Morgan fingerprint density at radius 1 is 1.26 bits per heavy atom. The molecule has 1 atom stereocenters. The molecule has 0 saturated carbocycles. The normalized spacial score (nSPS) is 11.6. The van der Waals surface area contributed by atoms with E-state index in [2.05, 4.69) is 10.3 Å². The van der Waals surface area contributed by atoms with Gasteiger partial charge in [-0.05, 0) is 18.6 Å². The van der Waals surface area contributed by atoms with Crippen LogP contribution in [0, 0.1) is 0 Å². The Morgan fingerprint density at radius 2 is 2.00 bits per heavy atom. The fraction of sp³-hybridized carbons (Fsp3) is 0.333. The molecule has 1 heterocycles. The van der Waals surface area contributed by atoms with Gasteiger partial charge in [-0.15, -0.1) is 0 Å². The van der Waals surface area contributed by atoms with Gasteiger partial charge in [0, 0.05) is 18.3 Å². The molecule has 1 aromatic rings. The highest BCUT2D eigenvalue weighted by molar-refractivity contribution is 5.86. The number of carboxylic acid groups (broad SMARTS) is 2. The molecule has 0 spiro atoms. The molecule has 102 valence electrons. The average molecular weight is 266 g/mol. The summed E-state index contributed by atoms with van der Waals surface area (Å²) in [7, 11) is 0. The zero-order valence-electron chi connectivity index (χ0n) is 10.1. The number of hydrogen-bond donors (Lipinski definition) is 3. The number of amides is 1. The topological polar surface area (TPSA) is 117 Å². The monoisotopic (exact) mass is 266 g/mol. The van der Waals surface area contributed by atoms with Crippen molar-refractivity contribution in [1.82, 2.24) is 10.3 Å². The van der Waals surface area contributed by atoms with Gasteiger partial charge in [-0.25, -0.2) is 4.79 Å². The first kappa shape index (κ1) is 14.6. The minimum atomic E-state index is -1.41. The molecular weight excluding hydrogens is 252 g/mol. The van der Waals surface area contributed by atoms with Crippen molar-refractivity contribution in [2.75, 3.05) is 0 Å². The van der Waals surface area contributed by atoms with Gasteiger partial charge in [-0.2, -0.15) is 0 Å². The van der Waals surface area contributed by atoms with Gasteiger partial charge in [0.2, 0.25) is 5.91 Å². The molecular formula is C12H14N2O5. The van der Waals surface area contributed by atoms with E-state index < -0.39 is 30.3 Å². The fourth-order valence-corrected chi connectivity index (χ4v) is 1.43. The molecule has 7 nitrogen and oxygen atoms in total. The van der Waals surface area contributed by atoms with Crippen molar-refractivity contribution in [1.29, 1.82) is 0 Å². The molecule has 3 N–H and O–H groups in total. The van der Waals surface area contributed by atoms with Crippen molar-refractivity contribution in [3.63, 3.8) is 0 Å². The lowest BCUT2D eigenvalue weighted by Gasteiger charge is -2.12. The number of carbonyl (C=O) groups is 3. The number of nitrogens with zero attached hydrogens (tertiary/aromatic N) is 1. The van der Waals surface area contributed by atoms with E-state index in [4.69, 9.17) is 10.2 Å². The van der Waals surface area contributed by atoms with Gasteiger partial charge in [0.1, 0.15) is 6.04 Å². The predicted octanol–water partition coefficient (Wildman–Crippen LogP) is 0.0583. The molecule has 7 heteroatoms. The summed E-state index contributed by atoms with van der Waals surface area (Å²) in [5, 5.41) is 19.5. The average Bonchev–Trinajstić information content (AvgIpc) is 2.36. The van der Waals surface area contributed by atoms with E-state index in [1.165, 1.54) is 0 Å². The molecule has 0 fully saturated rings. The van der Waals surface area contributed by atoms with Crippen LogP contribution in [-0.2, 0) is 20.8 Å². The van der Waals surface area contributed by atoms with Crippen LogP contribution in [0.1, 0.15) is 18.5 Å². The van der Waals surface area contributed by atoms with Crippen LogP contribution in [-0.4, -0.2) is 39.1 Å². The summed E-state index contributed by atoms with van der Waals surface area (Å²) >= 11 is 0. The summed E-state index contributed by atoms with van der Waals surface area (Å²) < 4.78 is 0. The third kappa shape index (κ3) is 5.62. The van der Waals surface area contributed by atoms with Crippen LogP contribution in [0.5, 0.6) is 0 Å². The highest BCUT2D eigenvalue weighted by Crippen LogP contribution is 2.00. The van der Waals surface area contributed by atoms with Crippen LogP contribution in [0.2, 0.25) is 0 Å². The first-order valence-electron chi connectivity index (χ1n) is 5.63. The highest BCUT2D eigenvalue weighted by atomic mass is 16.4. The number of aromatic nitrogens is 1. The second-order valence-electron chi connectivity index (χ2n) is 3.88. The van der Waals surface area contributed by atoms with E-state index in [1.54, 1.807) is 24.4 Å². The van der Waals surface area contributed by atoms with Crippen LogP contribution in [0.3, 0.4) is 0 Å². The molecule has 0 radical (unpaired) electrons. The molecule has 1 aromatic heterocycles. The van der Waals surface area contributed by atoms with Gasteiger partial charge in [-0.1, -0.05) is 6.07 Å². The molecule has 0 bridgehead atoms. The molecule has 1 amide bonds. The maximum atomic E-state index is 11.5. The molecule has 19 heavy (non-hydrogen) atoms. The van der Waals surface area contributed by atoms with Crippen molar-refractivity contribution in [3.8, 4) is 0 Å². The van der Waals surface area contributed by atoms with Crippen LogP contribution >= 0.6 is 0 Å². The Hall–Kier alpha value is -2.44. The van der Waals surface area contributed by atoms with Crippen molar-refractivity contribution >= 4 is 17.8 Å². The minimum Gasteiger partial charge on any atom is -0.481 e. The third-order valence-corrected chi connectivity index (χ3v) is 2.35. The number of aryl methyl sites for hydroxylation is 1. The van der Waals surface area contributed by atoms with Gasteiger partial charge in [0.15, 0.2) is 0 Å². The second kappa shape index (κ2) is 7.10. The number of aliphatic carboxylic acids is 2. The van der Waals surface area contributed by atoms with Gasteiger partial charge in [0.25, 0.3) is 0 Å². The standard InChI is InChI=1S/C12H14N2O5/c15-10(5-4-8-3-1-2-6-13-8)14-9(12(18)19)7-11(16)17/h1-3,6,9H,4-5,7H2,(H,14,15)(H,16,17)(H,18,19)/t9-/m1/s1. The Morgan fingerprint density at radius 3 is 2.53 bits per heavy atom. The molecule has 0 unspecified atom stereocenters. The lowest BCUT2D eigenvalue weighted by molar-refractivity contribution is -0.147. The van der Waals surface area contributed by atoms with Crippen LogP contribution in [0.4, 0.5) is 0 Å². The summed E-state index contributed by atoms with van der Waals surface area (Å²) in [5.41, 5.74) is 0.711. The number of hydrogen-bond acceptors (Lipinski definition) is 4. The van der Waals surface area contributed by atoms with Gasteiger partial charge < -0.3 is 15.5 Å². The van der Waals surface area contributed by atoms with E-state index in [9.17, 15) is 14.4 Å². The summed E-state index contributed by atoms with van der Waals surface area (Å²) in [4.78, 5) is 36.7. The summed E-state index contributed by atoms with van der Waals surface area (Å²) in [6.45, 7) is 0. The quantitative estimate of drug-likeness (QED) is 0.642. The van der Waals surface area contributed by atoms with Crippen LogP contribution in [0.25, 0.3) is 0 Å².